The standard InChI is InChI=1S/C14H17NO4/c1-4-7-15-14(17)10(2)19-12-6-5-11(9-16)8-13(12)18-3/h1,5-6,8,10,16H,7,9H2,2-3H3,(H,15,17). The van der Waals surface area contributed by atoms with E-state index >= 15 is 0 Å². The monoisotopic (exact) mass is 263 g/mol. The van der Waals surface area contributed by atoms with Crippen LogP contribution in [0, 0.1) is 12.3 Å². The summed E-state index contributed by atoms with van der Waals surface area (Å²) < 4.78 is 10.7. The second-order valence-electron chi connectivity index (χ2n) is 3.83. The van der Waals surface area contributed by atoms with E-state index in [0.717, 1.165) is 0 Å². The Morgan fingerprint density at radius 3 is 2.84 bits per heavy atom. The number of hydrogen-bond acceptors (Lipinski definition) is 4. The van der Waals surface area contributed by atoms with Crippen LogP contribution in [0.2, 0.25) is 0 Å². The van der Waals surface area contributed by atoms with Crippen molar-refractivity contribution < 1.29 is 19.4 Å². The molecule has 1 unspecified atom stereocenters. The lowest BCUT2D eigenvalue weighted by Gasteiger charge is -2.16. The number of aliphatic hydroxyl groups is 1. The van der Waals surface area contributed by atoms with E-state index in [1.54, 1.807) is 25.1 Å². The lowest BCUT2D eigenvalue weighted by atomic mass is 10.2. The van der Waals surface area contributed by atoms with Crippen molar-refractivity contribution in [3.8, 4) is 23.8 Å². The summed E-state index contributed by atoms with van der Waals surface area (Å²) in [5.74, 6) is 2.91. The Morgan fingerprint density at radius 1 is 1.53 bits per heavy atom. The van der Waals surface area contributed by atoms with E-state index in [4.69, 9.17) is 21.0 Å². The van der Waals surface area contributed by atoms with Gasteiger partial charge in [0.25, 0.3) is 5.91 Å². The van der Waals surface area contributed by atoms with Crippen molar-refractivity contribution in [3.05, 3.63) is 23.8 Å². The molecule has 0 radical (unpaired) electrons. The summed E-state index contributed by atoms with van der Waals surface area (Å²) in [7, 11) is 1.49. The maximum Gasteiger partial charge on any atom is 0.261 e. The first-order valence-electron chi connectivity index (χ1n) is 5.78. The topological polar surface area (TPSA) is 67.8 Å². The van der Waals surface area contributed by atoms with Crippen molar-refractivity contribution in [2.75, 3.05) is 13.7 Å². The molecule has 1 amide bonds. The molecule has 0 aliphatic heterocycles. The zero-order valence-electron chi connectivity index (χ0n) is 11.0. The molecular weight excluding hydrogens is 246 g/mol. The van der Waals surface area contributed by atoms with Gasteiger partial charge in [-0.25, -0.2) is 0 Å². The van der Waals surface area contributed by atoms with Crippen molar-refractivity contribution in [2.24, 2.45) is 0 Å². The van der Waals surface area contributed by atoms with Crippen LogP contribution < -0.4 is 14.8 Å². The maximum atomic E-state index is 11.6. The Balaban J connectivity index is 2.76. The molecule has 19 heavy (non-hydrogen) atoms. The number of nitrogens with one attached hydrogen (secondary N) is 1. The number of rotatable bonds is 6. The Labute approximate surface area is 112 Å². The molecule has 2 N–H and O–H groups in total. The van der Waals surface area contributed by atoms with Gasteiger partial charge in [-0.3, -0.25) is 4.79 Å². The molecule has 0 bridgehead atoms. The lowest BCUT2D eigenvalue weighted by molar-refractivity contribution is -0.127. The van der Waals surface area contributed by atoms with E-state index in [2.05, 4.69) is 11.2 Å². The molecule has 0 aliphatic carbocycles. The fourth-order valence-corrected chi connectivity index (χ4v) is 1.43. The first kappa shape index (κ1) is 14.9. The molecule has 0 saturated heterocycles. The Morgan fingerprint density at radius 2 is 2.26 bits per heavy atom. The van der Waals surface area contributed by atoms with Gasteiger partial charge in [-0.15, -0.1) is 6.42 Å². The van der Waals surface area contributed by atoms with E-state index in [1.807, 2.05) is 0 Å². The lowest BCUT2D eigenvalue weighted by Crippen LogP contribution is -2.36. The number of terminal acetylenes is 1. The number of carbonyl (C=O) groups is 1. The van der Waals surface area contributed by atoms with Crippen molar-refractivity contribution >= 4 is 5.91 Å². The van der Waals surface area contributed by atoms with Crippen molar-refractivity contribution in [1.82, 2.24) is 5.32 Å². The summed E-state index contributed by atoms with van der Waals surface area (Å²) in [4.78, 5) is 11.6. The summed E-state index contributed by atoms with van der Waals surface area (Å²) in [6.07, 6.45) is 4.37. The van der Waals surface area contributed by atoms with Crippen LogP contribution in [-0.4, -0.2) is 30.8 Å². The van der Waals surface area contributed by atoms with Gasteiger partial charge in [0, 0.05) is 0 Å². The minimum absolute atomic E-state index is 0.0884. The molecule has 5 nitrogen and oxygen atoms in total. The van der Waals surface area contributed by atoms with Gasteiger partial charge in [-0.2, -0.15) is 0 Å². The molecular formula is C14H17NO4. The normalized spacial score (nSPS) is 11.3. The van der Waals surface area contributed by atoms with Crippen LogP contribution in [-0.2, 0) is 11.4 Å². The Kier molecular flexibility index (Phi) is 5.71. The Hall–Kier alpha value is -2.19. The van der Waals surface area contributed by atoms with E-state index < -0.39 is 6.10 Å². The third kappa shape index (κ3) is 4.19. The number of benzene rings is 1. The zero-order valence-corrected chi connectivity index (χ0v) is 11.0. The summed E-state index contributed by atoms with van der Waals surface area (Å²) in [6.45, 7) is 1.69. The van der Waals surface area contributed by atoms with E-state index in [0.29, 0.717) is 17.1 Å². The van der Waals surface area contributed by atoms with Crippen molar-refractivity contribution in [2.45, 2.75) is 19.6 Å². The van der Waals surface area contributed by atoms with E-state index in [1.165, 1.54) is 7.11 Å². The number of amides is 1. The second-order valence-corrected chi connectivity index (χ2v) is 3.83. The van der Waals surface area contributed by atoms with E-state index in [9.17, 15) is 4.79 Å². The predicted octanol–water partition coefficient (Wildman–Crippen LogP) is 0.704. The summed E-state index contributed by atoms with van der Waals surface area (Å²) >= 11 is 0. The minimum atomic E-state index is -0.692. The summed E-state index contributed by atoms with van der Waals surface area (Å²) in [6, 6.07) is 5.00. The van der Waals surface area contributed by atoms with Gasteiger partial charge in [-0.1, -0.05) is 12.0 Å². The number of ether oxygens (including phenoxy) is 2. The summed E-state index contributed by atoms with van der Waals surface area (Å²) in [5.41, 5.74) is 0.702. The van der Waals surface area contributed by atoms with Gasteiger partial charge in [0.15, 0.2) is 17.6 Å². The fourth-order valence-electron chi connectivity index (χ4n) is 1.43. The van der Waals surface area contributed by atoms with Crippen molar-refractivity contribution in [1.29, 1.82) is 0 Å². The molecule has 0 aliphatic rings. The van der Waals surface area contributed by atoms with Gasteiger partial charge in [0.1, 0.15) is 0 Å². The highest BCUT2D eigenvalue weighted by atomic mass is 16.5. The molecule has 0 fully saturated rings. The van der Waals surface area contributed by atoms with Crippen LogP contribution >= 0.6 is 0 Å². The molecule has 5 heteroatoms. The van der Waals surface area contributed by atoms with Crippen LogP contribution in [0.1, 0.15) is 12.5 Å². The largest absolute Gasteiger partial charge is 0.493 e. The first-order valence-corrected chi connectivity index (χ1v) is 5.78. The SMILES string of the molecule is C#CCNC(=O)C(C)Oc1ccc(CO)cc1OC. The van der Waals surface area contributed by atoms with Gasteiger partial charge < -0.3 is 19.9 Å². The fraction of sp³-hybridized carbons (Fsp3) is 0.357. The maximum absolute atomic E-state index is 11.6. The Bertz CT molecular complexity index is 479. The van der Waals surface area contributed by atoms with Gasteiger partial charge in [-0.05, 0) is 24.6 Å². The molecule has 0 spiro atoms. The molecule has 1 atom stereocenters. The third-order valence-corrected chi connectivity index (χ3v) is 2.45. The van der Waals surface area contributed by atoms with Gasteiger partial charge in [0.2, 0.25) is 0 Å². The molecule has 102 valence electrons. The van der Waals surface area contributed by atoms with Gasteiger partial charge in [0.05, 0.1) is 20.3 Å². The van der Waals surface area contributed by atoms with Crippen LogP contribution in [0.4, 0.5) is 0 Å². The van der Waals surface area contributed by atoms with Gasteiger partial charge >= 0.3 is 0 Å². The third-order valence-electron chi connectivity index (χ3n) is 2.45. The van der Waals surface area contributed by atoms with Crippen LogP contribution in [0.25, 0.3) is 0 Å². The summed E-state index contributed by atoms with van der Waals surface area (Å²) in [5, 5.41) is 11.6. The quantitative estimate of drug-likeness (QED) is 0.742. The second kappa shape index (κ2) is 7.29. The number of hydrogen-bond donors (Lipinski definition) is 2. The van der Waals surface area contributed by atoms with Crippen LogP contribution in [0.5, 0.6) is 11.5 Å². The zero-order chi connectivity index (χ0) is 14.3. The highest BCUT2D eigenvalue weighted by molar-refractivity contribution is 5.81. The van der Waals surface area contributed by atoms with Crippen LogP contribution in [0.3, 0.4) is 0 Å². The molecule has 1 aromatic rings. The van der Waals surface area contributed by atoms with E-state index in [-0.39, 0.29) is 19.1 Å². The number of carbonyl (C=O) groups excluding carboxylic acids is 1. The molecule has 0 heterocycles. The highest BCUT2D eigenvalue weighted by Gasteiger charge is 2.16. The molecule has 0 aromatic heterocycles. The predicted molar refractivity (Wildman–Crippen MR) is 70.8 cm³/mol. The molecule has 1 rings (SSSR count). The highest BCUT2D eigenvalue weighted by Crippen LogP contribution is 2.28. The number of aliphatic hydroxyl groups excluding tert-OH is 1. The number of methoxy groups -OCH3 is 1. The molecule has 1 aromatic carbocycles. The van der Waals surface area contributed by atoms with Crippen molar-refractivity contribution in [3.63, 3.8) is 0 Å². The minimum Gasteiger partial charge on any atom is -0.493 e. The first-order chi connectivity index (χ1) is 9.12. The average molecular weight is 263 g/mol. The average Bonchev–Trinajstić information content (AvgIpc) is 2.44. The molecule has 0 saturated carbocycles. The smallest absolute Gasteiger partial charge is 0.261 e. The van der Waals surface area contributed by atoms with Crippen LogP contribution in [0.15, 0.2) is 18.2 Å².